The molecule has 4 rings (SSSR count). The van der Waals surface area contributed by atoms with E-state index in [0.29, 0.717) is 49.2 Å². The van der Waals surface area contributed by atoms with Crippen molar-refractivity contribution in [2.75, 3.05) is 33.9 Å². The van der Waals surface area contributed by atoms with Gasteiger partial charge in [-0.2, -0.15) is 5.10 Å². The van der Waals surface area contributed by atoms with Gasteiger partial charge in [0.1, 0.15) is 0 Å². The van der Waals surface area contributed by atoms with E-state index in [0.717, 1.165) is 36.9 Å². The van der Waals surface area contributed by atoms with Gasteiger partial charge in [-0.3, -0.25) is 9.48 Å². The van der Waals surface area contributed by atoms with E-state index in [1.165, 1.54) is 0 Å². The number of likely N-dealkylation sites (tertiary alicyclic amines) is 1. The van der Waals surface area contributed by atoms with E-state index in [9.17, 15) is 9.59 Å². The Morgan fingerprint density at radius 1 is 1.03 bits per heavy atom. The summed E-state index contributed by atoms with van der Waals surface area (Å²) in [5, 5.41) is 4.60. The van der Waals surface area contributed by atoms with Gasteiger partial charge in [-0.1, -0.05) is 6.07 Å². The third kappa shape index (κ3) is 4.74. The number of aromatic nitrogens is 2. The molecule has 2 heterocycles. The monoisotopic (exact) mass is 441 g/mol. The Morgan fingerprint density at radius 2 is 1.75 bits per heavy atom. The molecule has 1 aromatic heterocycles. The molecule has 2 aromatic rings. The number of ether oxygens (including phenoxy) is 3. The quantitative estimate of drug-likeness (QED) is 0.584. The number of benzene rings is 1. The van der Waals surface area contributed by atoms with Gasteiger partial charge >= 0.3 is 5.97 Å². The Labute approximate surface area is 188 Å². The summed E-state index contributed by atoms with van der Waals surface area (Å²) in [4.78, 5) is 27.0. The highest BCUT2D eigenvalue weighted by Gasteiger charge is 2.33. The third-order valence-corrected chi connectivity index (χ3v) is 6.21. The first kappa shape index (κ1) is 22.2. The first-order chi connectivity index (χ1) is 15.5. The van der Waals surface area contributed by atoms with Crippen LogP contribution in [0, 0.1) is 0 Å². The summed E-state index contributed by atoms with van der Waals surface area (Å²) in [7, 11) is 3.18. The molecular formula is C24H31N3O5. The van der Waals surface area contributed by atoms with Crippen LogP contribution in [0.5, 0.6) is 11.5 Å². The number of hydrogen-bond donors (Lipinski definition) is 0. The predicted molar refractivity (Wildman–Crippen MR) is 118 cm³/mol. The molecule has 0 radical (unpaired) electrons. The molecule has 0 N–H and O–H groups in total. The van der Waals surface area contributed by atoms with E-state index in [2.05, 4.69) is 5.10 Å². The normalized spacial score (nSPS) is 16.7. The summed E-state index contributed by atoms with van der Waals surface area (Å²) in [5.74, 6) is 1.49. The summed E-state index contributed by atoms with van der Waals surface area (Å²) in [6.07, 6.45) is 4.24. The molecule has 1 aliphatic heterocycles. The average Bonchev–Trinajstić information content (AvgIpc) is 3.57. The maximum atomic E-state index is 12.9. The summed E-state index contributed by atoms with van der Waals surface area (Å²) < 4.78 is 17.8. The van der Waals surface area contributed by atoms with Crippen molar-refractivity contribution in [1.29, 1.82) is 0 Å². The second-order valence-corrected chi connectivity index (χ2v) is 8.37. The molecular weight excluding hydrogens is 410 g/mol. The Balaban J connectivity index is 1.39. The van der Waals surface area contributed by atoms with Crippen molar-refractivity contribution in [3.05, 3.63) is 41.2 Å². The van der Waals surface area contributed by atoms with Crippen molar-refractivity contribution in [3.8, 4) is 11.5 Å². The number of amides is 1. The van der Waals surface area contributed by atoms with Crippen LogP contribution in [0.3, 0.4) is 0 Å². The predicted octanol–water partition coefficient (Wildman–Crippen LogP) is 3.36. The van der Waals surface area contributed by atoms with Gasteiger partial charge in [-0.05, 0) is 56.4 Å². The smallest absolute Gasteiger partial charge is 0.358 e. The zero-order valence-electron chi connectivity index (χ0n) is 19.0. The fraction of sp³-hybridized carbons (Fsp3) is 0.542. The van der Waals surface area contributed by atoms with Gasteiger partial charge in [0.15, 0.2) is 17.2 Å². The van der Waals surface area contributed by atoms with E-state index < -0.39 is 0 Å². The molecule has 172 valence electrons. The number of rotatable bonds is 8. The maximum absolute atomic E-state index is 12.9. The first-order valence-electron chi connectivity index (χ1n) is 11.3. The van der Waals surface area contributed by atoms with Crippen LogP contribution in [0.1, 0.15) is 66.3 Å². The van der Waals surface area contributed by atoms with Gasteiger partial charge in [-0.15, -0.1) is 0 Å². The average molecular weight is 442 g/mol. The van der Waals surface area contributed by atoms with Crippen molar-refractivity contribution in [3.63, 3.8) is 0 Å². The topological polar surface area (TPSA) is 82.9 Å². The van der Waals surface area contributed by atoms with Crippen LogP contribution in [0.4, 0.5) is 0 Å². The van der Waals surface area contributed by atoms with E-state index in [1.807, 2.05) is 33.8 Å². The Hall–Kier alpha value is -3.03. The molecule has 1 saturated heterocycles. The Kier molecular flexibility index (Phi) is 6.67. The fourth-order valence-corrected chi connectivity index (χ4v) is 4.33. The van der Waals surface area contributed by atoms with Crippen LogP contribution in [0.2, 0.25) is 0 Å². The molecule has 1 aliphatic carbocycles. The summed E-state index contributed by atoms with van der Waals surface area (Å²) in [6.45, 7) is 3.49. The molecule has 0 bridgehead atoms. The summed E-state index contributed by atoms with van der Waals surface area (Å²) >= 11 is 0. The number of esters is 1. The number of nitrogens with zero attached hydrogens (tertiary/aromatic N) is 3. The molecule has 32 heavy (non-hydrogen) atoms. The first-order valence-corrected chi connectivity index (χ1v) is 11.3. The van der Waals surface area contributed by atoms with Gasteiger partial charge in [0.2, 0.25) is 5.91 Å². The number of carbonyl (C=O) groups is 2. The lowest BCUT2D eigenvalue weighted by molar-refractivity contribution is -0.131. The molecule has 2 aliphatic rings. The minimum atomic E-state index is -0.365. The van der Waals surface area contributed by atoms with Crippen molar-refractivity contribution < 1.29 is 23.8 Å². The van der Waals surface area contributed by atoms with Gasteiger partial charge in [0, 0.05) is 24.7 Å². The van der Waals surface area contributed by atoms with Crippen LogP contribution >= 0.6 is 0 Å². The number of methoxy groups -OCH3 is 2. The van der Waals surface area contributed by atoms with Crippen LogP contribution in [-0.2, 0) is 16.0 Å². The number of piperidine rings is 1. The van der Waals surface area contributed by atoms with Crippen LogP contribution in [-0.4, -0.2) is 60.5 Å². The van der Waals surface area contributed by atoms with Crippen molar-refractivity contribution in [2.24, 2.45) is 0 Å². The van der Waals surface area contributed by atoms with E-state index in [4.69, 9.17) is 14.2 Å². The van der Waals surface area contributed by atoms with E-state index in [1.54, 1.807) is 21.1 Å². The van der Waals surface area contributed by atoms with Crippen LogP contribution in [0.25, 0.3) is 0 Å². The Bertz CT molecular complexity index is 974. The van der Waals surface area contributed by atoms with Crippen LogP contribution < -0.4 is 9.47 Å². The van der Waals surface area contributed by atoms with Gasteiger partial charge in [0.05, 0.1) is 33.3 Å². The molecule has 8 nitrogen and oxygen atoms in total. The van der Waals surface area contributed by atoms with Gasteiger partial charge in [-0.25, -0.2) is 4.79 Å². The van der Waals surface area contributed by atoms with E-state index in [-0.39, 0.29) is 17.9 Å². The minimum Gasteiger partial charge on any atom is -0.493 e. The minimum absolute atomic E-state index is 0.103. The second-order valence-electron chi connectivity index (χ2n) is 8.37. The summed E-state index contributed by atoms with van der Waals surface area (Å²) in [5.41, 5.74) is 2.42. The fourth-order valence-electron chi connectivity index (χ4n) is 4.33. The lowest BCUT2D eigenvalue weighted by Crippen LogP contribution is -2.40. The standard InChI is InChI=1S/C24H31N3O5/c1-4-32-24(29)19-15-20(17-6-7-17)27(25-19)18-9-11-26(12-10-18)23(28)14-16-5-8-21(30-2)22(13-16)31-3/h5,8,13,15,17-18H,4,6-7,9-12,14H2,1-3H3. The van der Waals surface area contributed by atoms with E-state index >= 15 is 0 Å². The highest BCUT2D eigenvalue weighted by molar-refractivity contribution is 5.87. The molecule has 2 fully saturated rings. The zero-order valence-corrected chi connectivity index (χ0v) is 19.0. The lowest BCUT2D eigenvalue weighted by atomic mass is 10.0. The largest absolute Gasteiger partial charge is 0.493 e. The number of carbonyl (C=O) groups excluding carboxylic acids is 2. The molecule has 1 amide bonds. The highest BCUT2D eigenvalue weighted by Crippen LogP contribution is 2.42. The third-order valence-electron chi connectivity index (χ3n) is 6.21. The van der Waals surface area contributed by atoms with Gasteiger partial charge < -0.3 is 19.1 Å². The second kappa shape index (κ2) is 9.63. The molecule has 1 aromatic carbocycles. The van der Waals surface area contributed by atoms with Gasteiger partial charge in [0.25, 0.3) is 0 Å². The molecule has 0 unspecified atom stereocenters. The zero-order chi connectivity index (χ0) is 22.7. The lowest BCUT2D eigenvalue weighted by Gasteiger charge is -2.33. The van der Waals surface area contributed by atoms with Crippen molar-refractivity contribution in [2.45, 2.75) is 51.0 Å². The molecule has 0 atom stereocenters. The maximum Gasteiger partial charge on any atom is 0.358 e. The van der Waals surface area contributed by atoms with Crippen molar-refractivity contribution >= 4 is 11.9 Å². The summed E-state index contributed by atoms with van der Waals surface area (Å²) in [6, 6.07) is 7.66. The molecule has 8 heteroatoms. The highest BCUT2D eigenvalue weighted by atomic mass is 16.5. The molecule has 0 spiro atoms. The number of hydrogen-bond acceptors (Lipinski definition) is 6. The Morgan fingerprint density at radius 3 is 2.38 bits per heavy atom. The SMILES string of the molecule is CCOC(=O)c1cc(C2CC2)n(C2CCN(C(=O)Cc3ccc(OC)c(OC)c3)CC2)n1. The van der Waals surface area contributed by atoms with Crippen molar-refractivity contribution in [1.82, 2.24) is 14.7 Å². The molecule has 1 saturated carbocycles. The van der Waals surface area contributed by atoms with Crippen LogP contribution in [0.15, 0.2) is 24.3 Å².